The smallest absolute Gasteiger partial charge is 0.459 e. The first-order chi connectivity index (χ1) is 17.1. The molecule has 0 saturated heterocycles. The molecule has 2 rings (SSSR count). The number of halogens is 11. The number of fused-ring (bicyclic) bond motifs is 2. The molecule has 2 aliphatic rings. The van der Waals surface area contributed by atoms with Gasteiger partial charge in [0.1, 0.15) is 0 Å². The normalized spacial score (nSPS) is 31.1. The third kappa shape index (κ3) is 4.73. The maximum Gasteiger partial charge on any atom is 0.460 e. The molecule has 2 bridgehead atoms. The van der Waals surface area contributed by atoms with Crippen molar-refractivity contribution in [1.82, 2.24) is 0 Å². The molecule has 0 aliphatic heterocycles. The van der Waals surface area contributed by atoms with Crippen molar-refractivity contribution in [3.05, 3.63) is 0 Å². The van der Waals surface area contributed by atoms with Crippen LogP contribution in [-0.4, -0.2) is 42.4 Å². The highest BCUT2D eigenvalue weighted by Crippen LogP contribution is 2.72. The molecule has 0 aromatic rings. The summed E-state index contributed by atoms with van der Waals surface area (Å²) in [6.45, 7) is 12.2. The standard InChI is InChI=1S/C26H37F11O2/c1-9-19(4,5)16-13(3)15-11-14(16)17(20(6,7)10-2)21(15,8)18(38)39-12-22(27,28)23(29,30)24(31,32)25(33,34)26(35,36)37/h13-17H,9-12H2,1-8H3. The Labute approximate surface area is 221 Å². The summed E-state index contributed by atoms with van der Waals surface area (Å²) in [5.74, 6) is -30.9. The van der Waals surface area contributed by atoms with Crippen LogP contribution in [0.3, 0.4) is 0 Å². The van der Waals surface area contributed by atoms with Crippen LogP contribution in [0.2, 0.25) is 0 Å². The lowest BCUT2D eigenvalue weighted by atomic mass is 9.49. The van der Waals surface area contributed by atoms with Crippen LogP contribution in [0.1, 0.15) is 74.7 Å². The van der Waals surface area contributed by atoms with Crippen molar-refractivity contribution in [2.24, 2.45) is 45.8 Å². The molecule has 6 atom stereocenters. The van der Waals surface area contributed by atoms with E-state index >= 15 is 0 Å². The Morgan fingerprint density at radius 1 is 0.795 bits per heavy atom. The largest absolute Gasteiger partial charge is 0.460 e. The zero-order valence-corrected chi connectivity index (χ0v) is 23.2. The minimum absolute atomic E-state index is 0.0933. The molecule has 39 heavy (non-hydrogen) atoms. The second-order valence-corrected chi connectivity index (χ2v) is 12.8. The van der Waals surface area contributed by atoms with Crippen LogP contribution < -0.4 is 0 Å². The average molecular weight is 591 g/mol. The lowest BCUT2D eigenvalue weighted by molar-refractivity contribution is -0.424. The monoisotopic (exact) mass is 590 g/mol. The van der Waals surface area contributed by atoms with Gasteiger partial charge in [0.15, 0.2) is 6.61 Å². The Morgan fingerprint density at radius 3 is 1.67 bits per heavy atom. The lowest BCUT2D eigenvalue weighted by Crippen LogP contribution is -2.67. The molecule has 0 aromatic carbocycles. The molecule has 0 aromatic heterocycles. The fourth-order valence-corrected chi connectivity index (χ4v) is 7.53. The molecule has 0 amide bonds. The van der Waals surface area contributed by atoms with E-state index in [9.17, 15) is 53.1 Å². The van der Waals surface area contributed by atoms with Gasteiger partial charge in [-0.3, -0.25) is 4.79 Å². The van der Waals surface area contributed by atoms with Crippen LogP contribution in [-0.2, 0) is 9.53 Å². The third-order valence-electron chi connectivity index (χ3n) is 10.0. The third-order valence-corrected chi connectivity index (χ3v) is 10.0. The van der Waals surface area contributed by atoms with Crippen LogP contribution >= 0.6 is 0 Å². The van der Waals surface area contributed by atoms with Gasteiger partial charge in [0.2, 0.25) is 0 Å². The van der Waals surface area contributed by atoms with E-state index in [1.165, 1.54) is 6.92 Å². The minimum Gasteiger partial charge on any atom is -0.459 e. The van der Waals surface area contributed by atoms with Gasteiger partial charge < -0.3 is 4.74 Å². The zero-order chi connectivity index (χ0) is 31.0. The van der Waals surface area contributed by atoms with E-state index in [2.05, 4.69) is 18.6 Å². The quantitative estimate of drug-likeness (QED) is 0.188. The summed E-state index contributed by atoms with van der Waals surface area (Å²) in [6, 6.07) is 0. The second kappa shape index (κ2) is 9.63. The van der Waals surface area contributed by atoms with Crippen LogP contribution in [0.4, 0.5) is 48.3 Å². The van der Waals surface area contributed by atoms with Gasteiger partial charge in [-0.05, 0) is 53.8 Å². The van der Waals surface area contributed by atoms with Crippen molar-refractivity contribution in [2.45, 2.75) is 105 Å². The molecule has 0 heterocycles. The summed E-state index contributed by atoms with van der Waals surface area (Å²) in [6.07, 6.45) is -5.42. The Hall–Kier alpha value is -1.30. The molecule has 2 saturated carbocycles. The van der Waals surface area contributed by atoms with Gasteiger partial charge in [-0.15, -0.1) is 0 Å². The van der Waals surface area contributed by atoms with E-state index in [4.69, 9.17) is 0 Å². The summed E-state index contributed by atoms with van der Waals surface area (Å²) >= 11 is 0. The first-order valence-electron chi connectivity index (χ1n) is 12.9. The number of alkyl halides is 11. The fourth-order valence-electron chi connectivity index (χ4n) is 7.53. The first kappa shape index (κ1) is 33.9. The summed E-state index contributed by atoms with van der Waals surface area (Å²) in [5.41, 5.74) is -2.27. The minimum atomic E-state index is -7.54. The van der Waals surface area contributed by atoms with Crippen molar-refractivity contribution in [3.63, 3.8) is 0 Å². The maximum absolute atomic E-state index is 14.3. The zero-order valence-electron chi connectivity index (χ0n) is 23.2. The molecule has 6 unspecified atom stereocenters. The molecule has 230 valence electrons. The van der Waals surface area contributed by atoms with Gasteiger partial charge in [-0.2, -0.15) is 48.3 Å². The van der Waals surface area contributed by atoms with Crippen LogP contribution in [0.5, 0.6) is 0 Å². The van der Waals surface area contributed by atoms with Gasteiger partial charge in [-0.25, -0.2) is 0 Å². The van der Waals surface area contributed by atoms with Crippen molar-refractivity contribution in [1.29, 1.82) is 0 Å². The van der Waals surface area contributed by atoms with E-state index in [0.29, 0.717) is 12.8 Å². The highest BCUT2D eigenvalue weighted by Gasteiger charge is 2.87. The molecule has 2 aliphatic carbocycles. The molecule has 0 spiro atoms. The van der Waals surface area contributed by atoms with E-state index in [1.807, 2.05) is 34.6 Å². The van der Waals surface area contributed by atoms with Gasteiger partial charge in [0, 0.05) is 0 Å². The lowest BCUT2D eigenvalue weighted by Gasteiger charge is -2.54. The van der Waals surface area contributed by atoms with Crippen molar-refractivity contribution in [3.8, 4) is 0 Å². The van der Waals surface area contributed by atoms with E-state index in [0.717, 1.165) is 6.42 Å². The maximum atomic E-state index is 14.3. The summed E-state index contributed by atoms with van der Waals surface area (Å²) < 4.78 is 152. The Morgan fingerprint density at radius 2 is 1.26 bits per heavy atom. The van der Waals surface area contributed by atoms with Gasteiger partial charge in [0.05, 0.1) is 5.41 Å². The number of ether oxygens (including phenoxy) is 1. The van der Waals surface area contributed by atoms with E-state index in [1.54, 1.807) is 0 Å². The van der Waals surface area contributed by atoms with Gasteiger partial charge >= 0.3 is 35.8 Å². The van der Waals surface area contributed by atoms with Gasteiger partial charge in [-0.1, -0.05) is 61.3 Å². The molecule has 2 fully saturated rings. The highest BCUT2D eigenvalue weighted by molar-refractivity contribution is 5.78. The second-order valence-electron chi connectivity index (χ2n) is 12.8. The van der Waals surface area contributed by atoms with Crippen molar-refractivity contribution >= 4 is 5.97 Å². The number of hydrogen-bond acceptors (Lipinski definition) is 2. The topological polar surface area (TPSA) is 26.3 Å². The number of rotatable bonds is 10. The van der Waals surface area contributed by atoms with Crippen LogP contribution in [0.15, 0.2) is 0 Å². The number of carbonyl (C=O) groups is 1. The predicted octanol–water partition coefficient (Wildman–Crippen LogP) is 9.03. The first-order valence-corrected chi connectivity index (χ1v) is 12.9. The predicted molar refractivity (Wildman–Crippen MR) is 121 cm³/mol. The average Bonchev–Trinajstić information content (AvgIpc) is 3.29. The molecule has 2 nitrogen and oxygen atoms in total. The molecule has 13 heteroatoms. The van der Waals surface area contributed by atoms with E-state index in [-0.39, 0.29) is 23.2 Å². The summed E-state index contributed by atoms with van der Waals surface area (Å²) in [5, 5.41) is 0. The Balaban J connectivity index is 2.44. The van der Waals surface area contributed by atoms with Gasteiger partial charge in [0.25, 0.3) is 0 Å². The Bertz CT molecular complexity index is 925. The van der Waals surface area contributed by atoms with Crippen LogP contribution in [0, 0.1) is 45.8 Å². The highest BCUT2D eigenvalue weighted by atomic mass is 19.4. The Kier molecular flexibility index (Phi) is 8.37. The molecule has 0 N–H and O–H groups in total. The van der Waals surface area contributed by atoms with Crippen molar-refractivity contribution in [2.75, 3.05) is 6.61 Å². The number of hydrogen-bond donors (Lipinski definition) is 0. The molecular formula is C26H37F11O2. The fraction of sp³-hybridized carbons (Fsp3) is 0.962. The molecule has 0 radical (unpaired) electrons. The number of carbonyl (C=O) groups excluding carboxylic acids is 1. The SMILES string of the molecule is CCC(C)(C)C1C(C)C2CC1C(C(C)(C)CC)C2(C)C(=O)OCC(F)(F)C(F)(F)C(F)(F)C(F)(F)C(F)(F)F. The van der Waals surface area contributed by atoms with E-state index < -0.39 is 65.1 Å². The summed E-state index contributed by atoms with van der Waals surface area (Å²) in [4.78, 5) is 13.4. The van der Waals surface area contributed by atoms with Crippen LogP contribution in [0.25, 0.3) is 0 Å². The molecular weight excluding hydrogens is 553 g/mol. The summed E-state index contributed by atoms with van der Waals surface area (Å²) in [7, 11) is 0. The van der Waals surface area contributed by atoms with Crippen molar-refractivity contribution < 1.29 is 57.8 Å². The number of esters is 1.